The molecule has 1 unspecified atom stereocenters. The van der Waals surface area contributed by atoms with Crippen LogP contribution < -0.4 is 10.1 Å². The Kier molecular flexibility index (Phi) is 4.85. The van der Waals surface area contributed by atoms with Gasteiger partial charge < -0.3 is 10.1 Å². The molecule has 1 atom stereocenters. The van der Waals surface area contributed by atoms with Crippen molar-refractivity contribution in [2.75, 3.05) is 6.54 Å². The Hall–Kier alpha value is -1.23. The van der Waals surface area contributed by atoms with Gasteiger partial charge in [0.1, 0.15) is 5.75 Å². The summed E-state index contributed by atoms with van der Waals surface area (Å²) in [5.41, 5.74) is 0.301. The predicted octanol–water partition coefficient (Wildman–Crippen LogP) is 4.28. The quantitative estimate of drug-likeness (QED) is 0.885. The Bertz CT molecular complexity index is 410. The second kappa shape index (κ2) is 5.82. The van der Waals surface area contributed by atoms with Gasteiger partial charge in [0, 0.05) is 11.6 Å². The van der Waals surface area contributed by atoms with Gasteiger partial charge in [-0.05, 0) is 18.0 Å². The van der Waals surface area contributed by atoms with Crippen molar-refractivity contribution in [2.24, 2.45) is 5.41 Å². The van der Waals surface area contributed by atoms with E-state index in [1.165, 1.54) is 12.1 Å². The molecule has 1 N–H and O–H groups in total. The molecule has 5 heteroatoms. The molecule has 0 saturated carbocycles. The molecule has 0 aliphatic carbocycles. The van der Waals surface area contributed by atoms with E-state index in [1.54, 1.807) is 12.1 Å². The van der Waals surface area contributed by atoms with Crippen LogP contribution in [0.5, 0.6) is 5.75 Å². The first-order valence-electron chi connectivity index (χ1n) is 6.23. The lowest BCUT2D eigenvalue weighted by atomic mass is 9.82. The Morgan fingerprint density at radius 2 is 1.74 bits per heavy atom. The van der Waals surface area contributed by atoms with Crippen molar-refractivity contribution < 1.29 is 17.9 Å². The Balaban J connectivity index is 3.16. The summed E-state index contributed by atoms with van der Waals surface area (Å²) in [4.78, 5) is 0. The van der Waals surface area contributed by atoms with E-state index < -0.39 is 6.36 Å². The van der Waals surface area contributed by atoms with E-state index in [9.17, 15) is 13.2 Å². The Labute approximate surface area is 112 Å². The van der Waals surface area contributed by atoms with Crippen LogP contribution >= 0.6 is 0 Å². The van der Waals surface area contributed by atoms with Crippen molar-refractivity contribution in [1.82, 2.24) is 5.32 Å². The number of benzene rings is 1. The van der Waals surface area contributed by atoms with Crippen LogP contribution in [0.15, 0.2) is 24.3 Å². The third-order valence-electron chi connectivity index (χ3n) is 2.73. The van der Waals surface area contributed by atoms with Gasteiger partial charge in [0.2, 0.25) is 0 Å². The molecule has 0 aliphatic rings. The van der Waals surface area contributed by atoms with E-state index in [0.717, 1.165) is 0 Å². The smallest absolute Gasteiger partial charge is 0.405 e. The van der Waals surface area contributed by atoms with Crippen LogP contribution in [-0.2, 0) is 0 Å². The van der Waals surface area contributed by atoms with Crippen molar-refractivity contribution in [3.63, 3.8) is 0 Å². The number of rotatable bonds is 4. The lowest BCUT2D eigenvalue weighted by Gasteiger charge is -2.33. The summed E-state index contributed by atoms with van der Waals surface area (Å²) in [6.45, 7) is 8.52. The zero-order chi connectivity index (χ0) is 14.7. The average molecular weight is 275 g/mol. The molecule has 0 aromatic heterocycles. The minimum atomic E-state index is -4.68. The van der Waals surface area contributed by atoms with Gasteiger partial charge in [-0.1, -0.05) is 45.9 Å². The fourth-order valence-electron chi connectivity index (χ4n) is 2.02. The maximum absolute atomic E-state index is 12.4. The SMILES string of the molecule is CCNC(c1ccccc1OC(F)(F)F)C(C)(C)C. The average Bonchev–Trinajstić information content (AvgIpc) is 2.23. The molecule has 1 aromatic carbocycles. The number of ether oxygens (including phenoxy) is 1. The maximum Gasteiger partial charge on any atom is 0.573 e. The normalized spacial score (nSPS) is 14.3. The molecule has 0 spiro atoms. The molecule has 1 aromatic rings. The van der Waals surface area contributed by atoms with Crippen molar-refractivity contribution >= 4 is 0 Å². The molecule has 2 nitrogen and oxygen atoms in total. The summed E-state index contributed by atoms with van der Waals surface area (Å²) in [5.74, 6) is -0.143. The van der Waals surface area contributed by atoms with Gasteiger partial charge in [-0.15, -0.1) is 13.2 Å². The highest BCUT2D eigenvalue weighted by Gasteiger charge is 2.34. The summed E-state index contributed by atoms with van der Waals surface area (Å²) < 4.78 is 41.4. The molecule has 0 amide bonds. The number of nitrogens with one attached hydrogen (secondary N) is 1. The van der Waals surface area contributed by atoms with Gasteiger partial charge in [0.05, 0.1) is 0 Å². The monoisotopic (exact) mass is 275 g/mol. The summed E-state index contributed by atoms with van der Waals surface area (Å²) in [6.07, 6.45) is -4.68. The Morgan fingerprint density at radius 1 is 1.16 bits per heavy atom. The van der Waals surface area contributed by atoms with Crippen LogP contribution in [0.25, 0.3) is 0 Å². The molecule has 108 valence electrons. The van der Waals surface area contributed by atoms with Gasteiger partial charge >= 0.3 is 6.36 Å². The van der Waals surface area contributed by atoms with E-state index in [4.69, 9.17) is 0 Å². The van der Waals surface area contributed by atoms with Crippen LogP contribution in [0.1, 0.15) is 39.3 Å². The van der Waals surface area contributed by atoms with Crippen molar-refractivity contribution in [1.29, 1.82) is 0 Å². The molecule has 0 aliphatic heterocycles. The highest BCUT2D eigenvalue weighted by molar-refractivity contribution is 5.37. The lowest BCUT2D eigenvalue weighted by Crippen LogP contribution is -2.33. The van der Waals surface area contributed by atoms with Crippen LogP contribution in [0.4, 0.5) is 13.2 Å². The zero-order valence-corrected chi connectivity index (χ0v) is 11.6. The van der Waals surface area contributed by atoms with E-state index in [0.29, 0.717) is 12.1 Å². The largest absolute Gasteiger partial charge is 0.573 e. The van der Waals surface area contributed by atoms with Crippen molar-refractivity contribution in [3.05, 3.63) is 29.8 Å². The molecular weight excluding hydrogens is 255 g/mol. The fourth-order valence-corrected chi connectivity index (χ4v) is 2.02. The first kappa shape index (κ1) is 15.8. The second-order valence-electron chi connectivity index (χ2n) is 5.44. The fraction of sp³-hybridized carbons (Fsp3) is 0.571. The molecule has 0 saturated heterocycles. The summed E-state index contributed by atoms with van der Waals surface area (Å²) >= 11 is 0. The van der Waals surface area contributed by atoms with Crippen LogP contribution in [0.2, 0.25) is 0 Å². The molecule has 0 radical (unpaired) electrons. The standard InChI is InChI=1S/C14H20F3NO/c1-5-18-12(13(2,3)4)10-8-6-7-9-11(10)19-14(15,16)17/h6-9,12,18H,5H2,1-4H3. The van der Waals surface area contributed by atoms with Gasteiger partial charge in [-0.2, -0.15) is 0 Å². The van der Waals surface area contributed by atoms with Crippen LogP contribution in [-0.4, -0.2) is 12.9 Å². The topological polar surface area (TPSA) is 21.3 Å². The van der Waals surface area contributed by atoms with Crippen LogP contribution in [0, 0.1) is 5.41 Å². The van der Waals surface area contributed by atoms with Gasteiger partial charge in [0.15, 0.2) is 0 Å². The van der Waals surface area contributed by atoms with Gasteiger partial charge in [-0.3, -0.25) is 0 Å². The number of halogens is 3. The molecule has 0 fully saturated rings. The number of hydrogen-bond donors (Lipinski definition) is 1. The van der Waals surface area contributed by atoms with Crippen molar-refractivity contribution in [3.8, 4) is 5.75 Å². The number of hydrogen-bond acceptors (Lipinski definition) is 2. The maximum atomic E-state index is 12.4. The summed E-state index contributed by atoms with van der Waals surface area (Å²) in [5, 5.41) is 3.22. The van der Waals surface area contributed by atoms with E-state index in [2.05, 4.69) is 10.1 Å². The van der Waals surface area contributed by atoms with Gasteiger partial charge in [0.25, 0.3) is 0 Å². The molecule has 1 rings (SSSR count). The Morgan fingerprint density at radius 3 is 2.21 bits per heavy atom. The second-order valence-corrected chi connectivity index (χ2v) is 5.44. The third-order valence-corrected chi connectivity index (χ3v) is 2.73. The number of para-hydroxylation sites is 1. The van der Waals surface area contributed by atoms with Gasteiger partial charge in [-0.25, -0.2) is 0 Å². The first-order chi connectivity index (χ1) is 8.65. The van der Waals surface area contributed by atoms with E-state index >= 15 is 0 Å². The zero-order valence-electron chi connectivity index (χ0n) is 11.6. The summed E-state index contributed by atoms with van der Waals surface area (Å²) in [6, 6.07) is 6.06. The third kappa shape index (κ3) is 4.74. The first-order valence-corrected chi connectivity index (χ1v) is 6.23. The van der Waals surface area contributed by atoms with Crippen LogP contribution in [0.3, 0.4) is 0 Å². The highest BCUT2D eigenvalue weighted by Crippen LogP contribution is 2.38. The molecular formula is C14H20F3NO. The van der Waals surface area contributed by atoms with Crippen molar-refractivity contribution in [2.45, 2.75) is 40.1 Å². The molecule has 19 heavy (non-hydrogen) atoms. The molecule has 0 heterocycles. The lowest BCUT2D eigenvalue weighted by molar-refractivity contribution is -0.275. The minimum absolute atomic E-state index is 0.143. The van der Waals surface area contributed by atoms with E-state index in [-0.39, 0.29) is 17.2 Å². The summed E-state index contributed by atoms with van der Waals surface area (Å²) in [7, 11) is 0. The molecule has 0 bridgehead atoms. The van der Waals surface area contributed by atoms with E-state index in [1.807, 2.05) is 27.7 Å². The predicted molar refractivity (Wildman–Crippen MR) is 69.0 cm³/mol. The number of alkyl halides is 3. The minimum Gasteiger partial charge on any atom is -0.405 e. The highest BCUT2D eigenvalue weighted by atomic mass is 19.4.